The van der Waals surface area contributed by atoms with Crippen LogP contribution in [0.2, 0.25) is 0 Å². The topological polar surface area (TPSA) is 68.0 Å². The van der Waals surface area contributed by atoms with Gasteiger partial charge in [0, 0.05) is 25.6 Å². The second kappa shape index (κ2) is 6.68. The number of benzene rings is 1. The van der Waals surface area contributed by atoms with Crippen molar-refractivity contribution in [2.45, 2.75) is 32.2 Å². The molecule has 0 aliphatic carbocycles. The molecule has 1 aromatic heterocycles. The lowest BCUT2D eigenvalue weighted by molar-refractivity contribution is -0.137. The molecular formula is C14H17N3O2. The van der Waals surface area contributed by atoms with E-state index >= 15 is 0 Å². The van der Waals surface area contributed by atoms with Gasteiger partial charge in [0.05, 0.1) is 5.69 Å². The summed E-state index contributed by atoms with van der Waals surface area (Å²) in [5.74, 6) is -0.747. The average molecular weight is 259 g/mol. The molecule has 5 heteroatoms. The quantitative estimate of drug-likeness (QED) is 0.773. The zero-order valence-electron chi connectivity index (χ0n) is 10.7. The van der Waals surface area contributed by atoms with E-state index in [1.807, 2.05) is 24.4 Å². The zero-order valence-corrected chi connectivity index (χ0v) is 10.7. The fraction of sp³-hybridized carbons (Fsp3) is 0.357. The first-order valence-corrected chi connectivity index (χ1v) is 6.39. The molecular weight excluding hydrogens is 242 g/mol. The van der Waals surface area contributed by atoms with Gasteiger partial charge in [-0.2, -0.15) is 0 Å². The average Bonchev–Trinajstić information content (AvgIpc) is 2.83. The molecule has 0 spiro atoms. The summed E-state index contributed by atoms with van der Waals surface area (Å²) in [6.07, 6.45) is 4.39. The molecule has 1 aromatic carbocycles. The summed E-state index contributed by atoms with van der Waals surface area (Å²) in [6, 6.07) is 10.1. The lowest BCUT2D eigenvalue weighted by atomic mass is 10.1. The second-order valence-electron chi connectivity index (χ2n) is 4.49. The number of aromatic nitrogens is 3. The summed E-state index contributed by atoms with van der Waals surface area (Å²) in [5, 5.41) is 16.7. The number of aryl methyl sites for hydroxylation is 1. The van der Waals surface area contributed by atoms with Crippen molar-refractivity contribution >= 4 is 5.97 Å². The molecule has 1 N–H and O–H groups in total. The number of carbonyl (C=O) groups is 1. The Hall–Kier alpha value is -2.17. The Balaban J connectivity index is 1.80. The van der Waals surface area contributed by atoms with E-state index in [1.165, 1.54) is 5.56 Å². The molecule has 5 nitrogen and oxygen atoms in total. The molecule has 0 atom stereocenters. The van der Waals surface area contributed by atoms with Gasteiger partial charge in [0.1, 0.15) is 0 Å². The number of rotatable bonds is 7. The van der Waals surface area contributed by atoms with Gasteiger partial charge in [0.25, 0.3) is 0 Å². The Bertz CT molecular complexity index is 522. The summed E-state index contributed by atoms with van der Waals surface area (Å²) in [7, 11) is 0. The van der Waals surface area contributed by atoms with Crippen LogP contribution < -0.4 is 0 Å². The SMILES string of the molecule is O=C(O)CCCCn1cc(Cc2ccccc2)nn1. The Morgan fingerprint density at radius 2 is 2.00 bits per heavy atom. The maximum Gasteiger partial charge on any atom is 0.303 e. The van der Waals surface area contributed by atoms with Crippen LogP contribution in [-0.2, 0) is 17.8 Å². The zero-order chi connectivity index (χ0) is 13.5. The number of carboxylic acids is 1. The summed E-state index contributed by atoms with van der Waals surface area (Å²) >= 11 is 0. The van der Waals surface area contributed by atoms with Crippen molar-refractivity contribution in [1.82, 2.24) is 15.0 Å². The third-order valence-electron chi connectivity index (χ3n) is 2.84. The minimum atomic E-state index is -0.747. The first kappa shape index (κ1) is 13.3. The van der Waals surface area contributed by atoms with Crippen molar-refractivity contribution in [3.8, 4) is 0 Å². The molecule has 0 radical (unpaired) electrons. The number of carboxylic acid groups (broad SMARTS) is 1. The van der Waals surface area contributed by atoms with Crippen molar-refractivity contribution in [2.75, 3.05) is 0 Å². The Morgan fingerprint density at radius 3 is 2.74 bits per heavy atom. The molecule has 0 saturated heterocycles. The molecule has 0 saturated carbocycles. The molecule has 1 heterocycles. The fourth-order valence-electron chi connectivity index (χ4n) is 1.88. The molecule has 0 aliphatic heterocycles. The van der Waals surface area contributed by atoms with Crippen LogP contribution in [0, 0.1) is 0 Å². The molecule has 100 valence electrons. The lowest BCUT2D eigenvalue weighted by Gasteiger charge is -1.98. The van der Waals surface area contributed by atoms with E-state index in [9.17, 15) is 4.79 Å². The van der Waals surface area contributed by atoms with Crippen LogP contribution in [0.3, 0.4) is 0 Å². The maximum absolute atomic E-state index is 10.4. The summed E-state index contributed by atoms with van der Waals surface area (Å²) < 4.78 is 1.78. The van der Waals surface area contributed by atoms with E-state index in [-0.39, 0.29) is 6.42 Å². The molecule has 2 aromatic rings. The normalized spacial score (nSPS) is 10.5. The highest BCUT2D eigenvalue weighted by atomic mass is 16.4. The molecule has 0 aliphatic rings. The van der Waals surface area contributed by atoms with E-state index in [4.69, 9.17) is 5.11 Å². The number of nitrogens with zero attached hydrogens (tertiary/aromatic N) is 3. The highest BCUT2D eigenvalue weighted by Gasteiger charge is 2.02. The number of hydrogen-bond acceptors (Lipinski definition) is 3. The summed E-state index contributed by atoms with van der Waals surface area (Å²) in [4.78, 5) is 10.4. The van der Waals surface area contributed by atoms with Crippen LogP contribution in [-0.4, -0.2) is 26.1 Å². The van der Waals surface area contributed by atoms with Crippen LogP contribution >= 0.6 is 0 Å². The van der Waals surface area contributed by atoms with Gasteiger partial charge in [-0.3, -0.25) is 9.48 Å². The van der Waals surface area contributed by atoms with Crippen molar-refractivity contribution in [1.29, 1.82) is 0 Å². The Morgan fingerprint density at radius 1 is 1.21 bits per heavy atom. The van der Waals surface area contributed by atoms with Crippen molar-refractivity contribution in [3.63, 3.8) is 0 Å². The van der Waals surface area contributed by atoms with E-state index in [0.717, 1.165) is 25.1 Å². The van der Waals surface area contributed by atoms with E-state index in [0.29, 0.717) is 6.42 Å². The highest BCUT2D eigenvalue weighted by molar-refractivity contribution is 5.66. The minimum absolute atomic E-state index is 0.214. The first-order chi connectivity index (χ1) is 9.24. The molecule has 0 unspecified atom stereocenters. The molecule has 2 rings (SSSR count). The Labute approximate surface area is 111 Å². The van der Waals surface area contributed by atoms with Crippen molar-refractivity contribution in [2.24, 2.45) is 0 Å². The first-order valence-electron chi connectivity index (χ1n) is 6.39. The second-order valence-corrected chi connectivity index (χ2v) is 4.49. The lowest BCUT2D eigenvalue weighted by Crippen LogP contribution is -2.01. The van der Waals surface area contributed by atoms with Crippen LogP contribution in [0.25, 0.3) is 0 Å². The van der Waals surface area contributed by atoms with Gasteiger partial charge in [-0.1, -0.05) is 35.5 Å². The fourth-order valence-corrected chi connectivity index (χ4v) is 1.88. The predicted molar refractivity (Wildman–Crippen MR) is 70.8 cm³/mol. The molecule has 19 heavy (non-hydrogen) atoms. The minimum Gasteiger partial charge on any atom is -0.481 e. The van der Waals surface area contributed by atoms with Crippen LogP contribution in [0.15, 0.2) is 36.5 Å². The van der Waals surface area contributed by atoms with Crippen molar-refractivity contribution in [3.05, 3.63) is 47.8 Å². The van der Waals surface area contributed by atoms with E-state index < -0.39 is 5.97 Å². The largest absolute Gasteiger partial charge is 0.481 e. The smallest absolute Gasteiger partial charge is 0.303 e. The van der Waals surface area contributed by atoms with Crippen LogP contribution in [0.5, 0.6) is 0 Å². The Kier molecular flexibility index (Phi) is 4.66. The van der Waals surface area contributed by atoms with E-state index in [1.54, 1.807) is 4.68 Å². The number of aliphatic carboxylic acids is 1. The summed E-state index contributed by atoms with van der Waals surface area (Å²) in [5.41, 5.74) is 2.14. The highest BCUT2D eigenvalue weighted by Crippen LogP contribution is 2.06. The number of unbranched alkanes of at least 4 members (excludes halogenated alkanes) is 1. The third kappa shape index (κ3) is 4.54. The van der Waals surface area contributed by atoms with Gasteiger partial charge in [-0.15, -0.1) is 5.10 Å². The van der Waals surface area contributed by atoms with Crippen LogP contribution in [0.1, 0.15) is 30.5 Å². The molecule has 0 amide bonds. The summed E-state index contributed by atoms with van der Waals surface area (Å²) in [6.45, 7) is 0.717. The van der Waals surface area contributed by atoms with Crippen molar-refractivity contribution < 1.29 is 9.90 Å². The third-order valence-corrected chi connectivity index (χ3v) is 2.84. The maximum atomic E-state index is 10.4. The van der Waals surface area contributed by atoms with Gasteiger partial charge in [-0.05, 0) is 18.4 Å². The van der Waals surface area contributed by atoms with E-state index in [2.05, 4.69) is 22.4 Å². The van der Waals surface area contributed by atoms with Gasteiger partial charge in [0.15, 0.2) is 0 Å². The van der Waals surface area contributed by atoms with Gasteiger partial charge >= 0.3 is 5.97 Å². The van der Waals surface area contributed by atoms with Gasteiger partial charge in [-0.25, -0.2) is 0 Å². The number of hydrogen-bond donors (Lipinski definition) is 1. The predicted octanol–water partition coefficient (Wildman–Crippen LogP) is 2.12. The van der Waals surface area contributed by atoms with Crippen LogP contribution in [0.4, 0.5) is 0 Å². The van der Waals surface area contributed by atoms with Gasteiger partial charge in [0.2, 0.25) is 0 Å². The van der Waals surface area contributed by atoms with Gasteiger partial charge < -0.3 is 5.11 Å². The monoisotopic (exact) mass is 259 g/mol. The standard InChI is InChI=1S/C14H17N3O2/c18-14(19)8-4-5-9-17-11-13(15-16-17)10-12-6-2-1-3-7-12/h1-3,6-7,11H,4-5,8-10H2,(H,18,19). The molecule has 0 bridgehead atoms. The molecule has 0 fully saturated rings.